The molecule has 9 nitrogen and oxygen atoms in total. The van der Waals surface area contributed by atoms with Crippen LogP contribution in [0.5, 0.6) is 0 Å². The maximum atomic E-state index is 12.6. The molecule has 0 radical (unpaired) electrons. The number of H-pyrrole nitrogens is 1. The lowest BCUT2D eigenvalue weighted by molar-refractivity contribution is 0.187. The van der Waals surface area contributed by atoms with Crippen LogP contribution in [-0.4, -0.2) is 42.4 Å². The molecule has 27 heavy (non-hydrogen) atoms. The lowest BCUT2D eigenvalue weighted by atomic mass is 10.2. The molecule has 0 aliphatic rings. The maximum Gasteiger partial charge on any atom is 0.330 e. The second-order valence-corrected chi connectivity index (χ2v) is 6.48. The van der Waals surface area contributed by atoms with Crippen LogP contribution in [0.15, 0.2) is 45.3 Å². The number of ether oxygens (including phenoxy) is 1. The molecule has 0 saturated carbocycles. The van der Waals surface area contributed by atoms with Gasteiger partial charge in [-0.2, -0.15) is 0 Å². The summed E-state index contributed by atoms with van der Waals surface area (Å²) in [6.45, 7) is 1.01. The molecule has 3 aromatic heterocycles. The number of fused-ring (bicyclic) bond motifs is 1. The first-order chi connectivity index (χ1) is 13.2. The Morgan fingerprint density at radius 2 is 2.00 bits per heavy atom. The molecule has 0 amide bonds. The zero-order chi connectivity index (χ0) is 18.8. The summed E-state index contributed by atoms with van der Waals surface area (Å²) in [7, 11) is 1.55. The third-order valence-electron chi connectivity index (χ3n) is 4.18. The van der Waals surface area contributed by atoms with E-state index >= 15 is 0 Å². The van der Waals surface area contributed by atoms with Crippen molar-refractivity contribution in [3.8, 4) is 11.5 Å². The Morgan fingerprint density at radius 3 is 2.70 bits per heavy atom. The van der Waals surface area contributed by atoms with Crippen molar-refractivity contribution >= 4 is 22.7 Å². The summed E-state index contributed by atoms with van der Waals surface area (Å²) in [5, 5.41) is 5.85. The monoisotopic (exact) mass is 384 g/mol. The van der Waals surface area contributed by atoms with Crippen LogP contribution in [0.3, 0.4) is 0 Å². The van der Waals surface area contributed by atoms with Gasteiger partial charge in [-0.1, -0.05) is 34.8 Å². The Morgan fingerprint density at radius 1 is 1.19 bits per heavy atom. The van der Waals surface area contributed by atoms with Crippen LogP contribution in [0.2, 0.25) is 0 Å². The minimum atomic E-state index is -0.517. The van der Waals surface area contributed by atoms with E-state index in [1.54, 1.807) is 17.1 Å². The van der Waals surface area contributed by atoms with Crippen molar-refractivity contribution in [3.63, 3.8) is 0 Å². The van der Waals surface area contributed by atoms with Crippen molar-refractivity contribution in [2.24, 2.45) is 0 Å². The van der Waals surface area contributed by atoms with Crippen LogP contribution in [-0.2, 0) is 17.8 Å². The molecular weight excluding hydrogens is 368 g/mol. The molecule has 4 aromatic rings. The quantitative estimate of drug-likeness (QED) is 0.533. The van der Waals surface area contributed by atoms with E-state index in [1.165, 1.54) is 16.1 Å². The Balaban J connectivity index is 1.99. The number of methoxy groups -OCH3 is 1. The first-order valence-corrected chi connectivity index (χ1v) is 9.06. The maximum absolute atomic E-state index is 12.6. The molecule has 138 valence electrons. The van der Waals surface area contributed by atoms with Gasteiger partial charge in [0.2, 0.25) is 0 Å². The number of rotatable bonds is 6. The molecule has 0 unspecified atom stereocenters. The van der Waals surface area contributed by atoms with Crippen molar-refractivity contribution in [1.29, 1.82) is 0 Å². The van der Waals surface area contributed by atoms with Crippen molar-refractivity contribution in [3.05, 3.63) is 62.1 Å². The molecule has 0 saturated heterocycles. The highest BCUT2D eigenvalue weighted by atomic mass is 32.1. The lowest BCUT2D eigenvalue weighted by Gasteiger charge is -2.08. The second kappa shape index (κ2) is 7.25. The van der Waals surface area contributed by atoms with Crippen LogP contribution >= 0.6 is 11.5 Å². The molecule has 3 heterocycles. The zero-order valence-corrected chi connectivity index (χ0v) is 15.3. The summed E-state index contributed by atoms with van der Waals surface area (Å²) in [4.78, 5) is 31.9. The molecule has 0 aliphatic carbocycles. The Labute approximate surface area is 157 Å². The Hall–Kier alpha value is -3.11. The minimum Gasteiger partial charge on any atom is -0.383 e. The van der Waals surface area contributed by atoms with Gasteiger partial charge in [-0.05, 0) is 17.1 Å². The molecule has 1 aromatic carbocycles. The molecule has 0 bridgehead atoms. The summed E-state index contributed by atoms with van der Waals surface area (Å²) in [6, 6.07) is 9.71. The SMILES string of the molecule is COCCn1c(=O)[nH]c(=O)c2c1nc(-c1csnn1)n2Cc1ccccc1. The van der Waals surface area contributed by atoms with Gasteiger partial charge in [0.15, 0.2) is 17.0 Å². The molecule has 0 aliphatic heterocycles. The number of nitrogens with one attached hydrogen (secondary N) is 1. The number of imidazole rings is 1. The first kappa shape index (κ1) is 17.3. The highest BCUT2D eigenvalue weighted by Gasteiger charge is 2.21. The normalized spacial score (nSPS) is 11.3. The fourth-order valence-electron chi connectivity index (χ4n) is 2.94. The van der Waals surface area contributed by atoms with Crippen LogP contribution < -0.4 is 11.2 Å². The van der Waals surface area contributed by atoms with Crippen molar-refractivity contribution in [2.45, 2.75) is 13.1 Å². The Kier molecular flexibility index (Phi) is 4.65. The van der Waals surface area contributed by atoms with Crippen molar-refractivity contribution in [2.75, 3.05) is 13.7 Å². The van der Waals surface area contributed by atoms with E-state index in [4.69, 9.17) is 4.74 Å². The fraction of sp³-hybridized carbons (Fsp3) is 0.235. The van der Waals surface area contributed by atoms with Crippen LogP contribution in [0.25, 0.3) is 22.7 Å². The predicted octanol–water partition coefficient (Wildman–Crippen LogP) is 1.10. The summed E-state index contributed by atoms with van der Waals surface area (Å²) in [5.74, 6) is 0.491. The van der Waals surface area contributed by atoms with Crippen molar-refractivity contribution < 1.29 is 4.74 Å². The van der Waals surface area contributed by atoms with Gasteiger partial charge in [0.05, 0.1) is 13.2 Å². The van der Waals surface area contributed by atoms with E-state index in [-0.39, 0.29) is 6.54 Å². The van der Waals surface area contributed by atoms with Gasteiger partial charge in [0.1, 0.15) is 5.69 Å². The van der Waals surface area contributed by atoms with Crippen LogP contribution in [0.1, 0.15) is 5.56 Å². The highest BCUT2D eigenvalue weighted by Crippen LogP contribution is 2.23. The first-order valence-electron chi connectivity index (χ1n) is 8.22. The Bertz CT molecular complexity index is 1180. The summed E-state index contributed by atoms with van der Waals surface area (Å²) < 4.78 is 12.1. The van der Waals surface area contributed by atoms with Gasteiger partial charge < -0.3 is 9.30 Å². The van der Waals surface area contributed by atoms with Gasteiger partial charge in [0, 0.05) is 19.0 Å². The standard InChI is InChI=1S/C17H16N6O3S/c1-26-8-7-22-15-13(16(24)19-17(22)25)23(9-11-5-3-2-4-6-11)14(18-15)12-10-27-21-20-12/h2-6,10H,7-9H2,1H3,(H,19,24,25). The van der Waals surface area contributed by atoms with Gasteiger partial charge in [-0.15, -0.1) is 5.10 Å². The summed E-state index contributed by atoms with van der Waals surface area (Å²) in [6.07, 6.45) is 0. The minimum absolute atomic E-state index is 0.277. The van der Waals surface area contributed by atoms with E-state index in [2.05, 4.69) is 19.6 Å². The molecule has 4 rings (SSSR count). The molecule has 0 fully saturated rings. The van der Waals surface area contributed by atoms with E-state index in [0.717, 1.165) is 5.56 Å². The van der Waals surface area contributed by atoms with Gasteiger partial charge in [0.25, 0.3) is 5.56 Å². The third-order valence-corrected chi connectivity index (χ3v) is 4.68. The zero-order valence-electron chi connectivity index (χ0n) is 14.5. The fourth-order valence-corrected chi connectivity index (χ4v) is 3.37. The number of benzene rings is 1. The van der Waals surface area contributed by atoms with E-state index in [0.29, 0.717) is 35.8 Å². The van der Waals surface area contributed by atoms with E-state index in [1.807, 2.05) is 30.3 Å². The number of hydrogen-bond donors (Lipinski definition) is 1. The molecule has 1 N–H and O–H groups in total. The van der Waals surface area contributed by atoms with Crippen LogP contribution in [0, 0.1) is 0 Å². The second-order valence-electron chi connectivity index (χ2n) is 5.87. The average Bonchev–Trinajstić information content (AvgIpc) is 3.31. The van der Waals surface area contributed by atoms with Gasteiger partial charge in [-0.3, -0.25) is 14.3 Å². The predicted molar refractivity (Wildman–Crippen MR) is 101 cm³/mol. The molecule has 10 heteroatoms. The van der Waals surface area contributed by atoms with Crippen LogP contribution in [0.4, 0.5) is 0 Å². The van der Waals surface area contributed by atoms with Gasteiger partial charge in [-0.25, -0.2) is 9.78 Å². The summed E-state index contributed by atoms with van der Waals surface area (Å²) in [5.41, 5.74) is 1.17. The van der Waals surface area contributed by atoms with Gasteiger partial charge >= 0.3 is 5.69 Å². The lowest BCUT2D eigenvalue weighted by Crippen LogP contribution is -2.32. The molecule has 0 atom stereocenters. The number of nitrogens with zero attached hydrogens (tertiary/aromatic N) is 5. The average molecular weight is 384 g/mol. The number of hydrogen-bond acceptors (Lipinski definition) is 7. The third kappa shape index (κ3) is 3.20. The number of aromatic nitrogens is 6. The summed E-state index contributed by atoms with van der Waals surface area (Å²) >= 11 is 1.20. The van der Waals surface area contributed by atoms with Crippen molar-refractivity contribution in [1.82, 2.24) is 28.7 Å². The smallest absolute Gasteiger partial charge is 0.330 e. The van der Waals surface area contributed by atoms with E-state index in [9.17, 15) is 9.59 Å². The largest absolute Gasteiger partial charge is 0.383 e. The topological polar surface area (TPSA) is 108 Å². The number of aromatic amines is 1. The molecule has 0 spiro atoms. The van der Waals surface area contributed by atoms with E-state index < -0.39 is 11.2 Å². The molecular formula is C17H16N6O3S. The highest BCUT2D eigenvalue weighted by molar-refractivity contribution is 7.03.